The van der Waals surface area contributed by atoms with Gasteiger partial charge < -0.3 is 23.8 Å². The van der Waals surface area contributed by atoms with E-state index in [9.17, 15) is 9.59 Å². The summed E-state index contributed by atoms with van der Waals surface area (Å²) in [5, 5.41) is 0. The molecule has 2 aromatic carbocycles. The van der Waals surface area contributed by atoms with E-state index in [4.69, 9.17) is 18.9 Å². The van der Waals surface area contributed by atoms with Gasteiger partial charge in [-0.2, -0.15) is 0 Å². The van der Waals surface area contributed by atoms with Crippen molar-refractivity contribution in [1.82, 2.24) is 4.90 Å². The minimum absolute atomic E-state index is 0.0302. The molecule has 0 bridgehead atoms. The van der Waals surface area contributed by atoms with E-state index in [1.165, 1.54) is 12.7 Å². The van der Waals surface area contributed by atoms with Gasteiger partial charge in [0.25, 0.3) is 5.91 Å². The summed E-state index contributed by atoms with van der Waals surface area (Å²) in [6.45, 7) is 8.52. The number of cyclic esters (lactones) is 1. The third kappa shape index (κ3) is 5.89. The number of morpholine rings is 1. The number of carbonyl (C=O) groups excluding carboxylic acids is 2. The molecule has 184 valence electrons. The van der Waals surface area contributed by atoms with Crippen LogP contribution >= 0.6 is 0 Å². The third-order valence-corrected chi connectivity index (χ3v) is 5.82. The van der Waals surface area contributed by atoms with Crippen LogP contribution in [0.25, 0.3) is 6.08 Å². The van der Waals surface area contributed by atoms with Gasteiger partial charge in [0.1, 0.15) is 0 Å². The number of rotatable bonds is 6. The normalized spacial score (nSPS) is 17.3. The molecular weight excluding hydrogens is 448 g/mol. The molecule has 2 heterocycles. The van der Waals surface area contributed by atoms with Crippen molar-refractivity contribution >= 4 is 23.9 Å². The van der Waals surface area contributed by atoms with Gasteiger partial charge in [-0.1, -0.05) is 39.0 Å². The smallest absolute Gasteiger partial charge is 0.363 e. The quantitative estimate of drug-likeness (QED) is 0.466. The number of ether oxygens (including phenoxy) is 4. The molecule has 0 unspecified atom stereocenters. The minimum Gasteiger partial charge on any atom is -0.493 e. The third-order valence-electron chi connectivity index (χ3n) is 5.82. The molecule has 8 heteroatoms. The van der Waals surface area contributed by atoms with E-state index in [1.54, 1.807) is 29.2 Å². The summed E-state index contributed by atoms with van der Waals surface area (Å²) in [7, 11) is 1.52. The molecule has 1 fully saturated rings. The van der Waals surface area contributed by atoms with Gasteiger partial charge in [0.2, 0.25) is 5.90 Å². The fourth-order valence-corrected chi connectivity index (χ4v) is 3.74. The van der Waals surface area contributed by atoms with Crippen LogP contribution in [-0.4, -0.2) is 62.7 Å². The number of aliphatic imine (C=N–C) groups is 1. The Morgan fingerprint density at radius 2 is 1.80 bits per heavy atom. The van der Waals surface area contributed by atoms with E-state index in [2.05, 4.69) is 25.8 Å². The highest BCUT2D eigenvalue weighted by Crippen LogP contribution is 2.30. The zero-order chi connectivity index (χ0) is 25.0. The Labute approximate surface area is 205 Å². The zero-order valence-electron chi connectivity index (χ0n) is 20.5. The van der Waals surface area contributed by atoms with Crippen LogP contribution in [-0.2, 0) is 24.5 Å². The van der Waals surface area contributed by atoms with Crippen molar-refractivity contribution in [3.05, 3.63) is 64.9 Å². The summed E-state index contributed by atoms with van der Waals surface area (Å²) in [4.78, 5) is 30.9. The fraction of sp³-hybridized carbons (Fsp3) is 0.370. The molecule has 8 nitrogen and oxygen atoms in total. The standard InChI is InChI=1S/C27H30N2O6/c1-27(2,3)20-8-6-19(7-9-20)25-28-21(26(31)35-25)15-18-5-10-22(23(16-18)32-4)34-17-24(30)29-11-13-33-14-12-29/h5-10,15-16H,11-14,17H2,1-4H3/b21-15+. The van der Waals surface area contributed by atoms with Gasteiger partial charge in [-0.3, -0.25) is 4.79 Å². The van der Waals surface area contributed by atoms with Crippen molar-refractivity contribution in [1.29, 1.82) is 0 Å². The van der Waals surface area contributed by atoms with Crippen molar-refractivity contribution in [3.8, 4) is 11.5 Å². The van der Waals surface area contributed by atoms with Crippen LogP contribution in [0.2, 0.25) is 0 Å². The summed E-state index contributed by atoms with van der Waals surface area (Å²) in [5.74, 6) is 0.536. The monoisotopic (exact) mass is 478 g/mol. The molecule has 35 heavy (non-hydrogen) atoms. The maximum Gasteiger partial charge on any atom is 0.363 e. The van der Waals surface area contributed by atoms with E-state index < -0.39 is 5.97 Å². The number of esters is 1. The Morgan fingerprint density at radius 3 is 2.46 bits per heavy atom. The van der Waals surface area contributed by atoms with Gasteiger partial charge in [0.05, 0.1) is 20.3 Å². The van der Waals surface area contributed by atoms with Crippen LogP contribution in [0.15, 0.2) is 53.2 Å². The molecule has 1 amide bonds. The molecule has 0 saturated carbocycles. The lowest BCUT2D eigenvalue weighted by molar-refractivity contribution is -0.137. The Kier molecular flexibility index (Phi) is 7.21. The molecule has 0 atom stereocenters. The number of hydrogen-bond acceptors (Lipinski definition) is 7. The minimum atomic E-state index is -0.518. The van der Waals surface area contributed by atoms with E-state index in [0.717, 1.165) is 5.56 Å². The SMILES string of the molecule is COc1cc(/C=C2/N=C(c3ccc(C(C)(C)C)cc3)OC2=O)ccc1OCC(=O)N1CCOCC1. The molecular formula is C27H30N2O6. The van der Waals surface area contributed by atoms with Crippen molar-refractivity contribution < 1.29 is 28.5 Å². The number of hydrogen-bond donors (Lipinski definition) is 0. The first-order valence-corrected chi connectivity index (χ1v) is 11.5. The molecule has 2 aliphatic heterocycles. The zero-order valence-corrected chi connectivity index (χ0v) is 20.5. The maximum atomic E-state index is 12.4. The Hall–Kier alpha value is -3.65. The van der Waals surface area contributed by atoms with Crippen LogP contribution in [0.1, 0.15) is 37.5 Å². The number of benzene rings is 2. The highest BCUT2D eigenvalue weighted by atomic mass is 16.6. The highest BCUT2D eigenvalue weighted by Gasteiger charge is 2.25. The lowest BCUT2D eigenvalue weighted by Crippen LogP contribution is -2.43. The fourth-order valence-electron chi connectivity index (χ4n) is 3.74. The largest absolute Gasteiger partial charge is 0.493 e. The van der Waals surface area contributed by atoms with Gasteiger partial charge in [0.15, 0.2) is 23.8 Å². The second-order valence-corrected chi connectivity index (χ2v) is 9.36. The first-order valence-electron chi connectivity index (χ1n) is 11.5. The maximum absolute atomic E-state index is 12.4. The van der Waals surface area contributed by atoms with Crippen LogP contribution in [0.3, 0.4) is 0 Å². The van der Waals surface area contributed by atoms with Gasteiger partial charge in [-0.05, 0) is 46.9 Å². The average molecular weight is 479 g/mol. The van der Waals surface area contributed by atoms with E-state index in [-0.39, 0.29) is 29.5 Å². The molecule has 0 aliphatic carbocycles. The second kappa shape index (κ2) is 10.3. The molecule has 4 rings (SSSR count). The first-order chi connectivity index (χ1) is 16.7. The summed E-state index contributed by atoms with van der Waals surface area (Å²) in [6.07, 6.45) is 1.63. The Bertz CT molecular complexity index is 1160. The van der Waals surface area contributed by atoms with E-state index in [0.29, 0.717) is 43.4 Å². The molecule has 2 aromatic rings. The summed E-state index contributed by atoms with van der Waals surface area (Å²) < 4.78 is 21.8. The van der Waals surface area contributed by atoms with Crippen molar-refractivity contribution in [3.63, 3.8) is 0 Å². The van der Waals surface area contributed by atoms with Gasteiger partial charge >= 0.3 is 5.97 Å². The van der Waals surface area contributed by atoms with Crippen LogP contribution in [0, 0.1) is 0 Å². The molecule has 2 aliphatic rings. The molecule has 1 saturated heterocycles. The van der Waals surface area contributed by atoms with Crippen molar-refractivity contribution in [2.45, 2.75) is 26.2 Å². The van der Waals surface area contributed by atoms with Crippen LogP contribution < -0.4 is 9.47 Å². The Morgan fingerprint density at radius 1 is 1.09 bits per heavy atom. The predicted molar refractivity (Wildman–Crippen MR) is 132 cm³/mol. The average Bonchev–Trinajstić information content (AvgIpc) is 3.23. The van der Waals surface area contributed by atoms with E-state index in [1.807, 2.05) is 24.3 Å². The highest BCUT2D eigenvalue weighted by molar-refractivity contribution is 6.12. The molecule has 0 spiro atoms. The molecule has 0 N–H and O–H groups in total. The predicted octanol–water partition coefficient (Wildman–Crippen LogP) is 3.57. The summed E-state index contributed by atoms with van der Waals surface area (Å²) in [5.41, 5.74) is 2.83. The van der Waals surface area contributed by atoms with Crippen LogP contribution in [0.5, 0.6) is 11.5 Å². The topological polar surface area (TPSA) is 86.7 Å². The second-order valence-electron chi connectivity index (χ2n) is 9.36. The number of nitrogens with zero attached hydrogens (tertiary/aromatic N) is 2. The summed E-state index contributed by atoms with van der Waals surface area (Å²) in [6, 6.07) is 13.0. The number of amides is 1. The molecule has 0 aromatic heterocycles. The lowest BCUT2D eigenvalue weighted by Gasteiger charge is -2.26. The Balaban J connectivity index is 1.47. The van der Waals surface area contributed by atoms with E-state index >= 15 is 0 Å². The van der Waals surface area contributed by atoms with Crippen molar-refractivity contribution in [2.75, 3.05) is 40.0 Å². The number of methoxy groups -OCH3 is 1. The number of carbonyl (C=O) groups is 2. The summed E-state index contributed by atoms with van der Waals surface area (Å²) >= 11 is 0. The van der Waals surface area contributed by atoms with Gasteiger partial charge in [-0.15, -0.1) is 0 Å². The van der Waals surface area contributed by atoms with Crippen LogP contribution in [0.4, 0.5) is 0 Å². The van der Waals surface area contributed by atoms with Crippen molar-refractivity contribution in [2.24, 2.45) is 4.99 Å². The van der Waals surface area contributed by atoms with Gasteiger partial charge in [0, 0.05) is 18.7 Å². The lowest BCUT2D eigenvalue weighted by atomic mass is 9.87. The molecule has 0 radical (unpaired) electrons. The first kappa shape index (κ1) is 24.5. The van der Waals surface area contributed by atoms with Gasteiger partial charge in [-0.25, -0.2) is 9.79 Å².